The third-order valence-electron chi connectivity index (χ3n) is 3.55. The number of imidazole rings is 1. The molecule has 1 aromatic carbocycles. The summed E-state index contributed by atoms with van der Waals surface area (Å²) in [4.78, 5) is 5.73. The zero-order valence-electron chi connectivity index (χ0n) is 12.9. The molecular weight excluding hydrogens is 406 g/mol. The molecule has 8 heteroatoms. The van der Waals surface area contributed by atoms with Crippen molar-refractivity contribution in [2.24, 2.45) is 0 Å². The topological polar surface area (TPSA) is 55.1 Å². The van der Waals surface area contributed by atoms with Crippen molar-refractivity contribution in [3.63, 3.8) is 0 Å². The second-order valence-electron chi connectivity index (χ2n) is 5.22. The summed E-state index contributed by atoms with van der Waals surface area (Å²) < 4.78 is 3.22. The number of anilines is 1. The van der Waals surface area contributed by atoms with Gasteiger partial charge in [0.15, 0.2) is 4.96 Å². The second kappa shape index (κ2) is 6.62. The van der Waals surface area contributed by atoms with Crippen molar-refractivity contribution in [3.05, 3.63) is 51.0 Å². The largest absolute Gasteiger partial charge is 0.360 e. The van der Waals surface area contributed by atoms with Crippen LogP contribution in [0.1, 0.15) is 17.6 Å². The van der Waals surface area contributed by atoms with E-state index in [2.05, 4.69) is 66.5 Å². The van der Waals surface area contributed by atoms with E-state index in [1.54, 1.807) is 22.7 Å². The molecule has 122 valence electrons. The standard InChI is InChI=1S/C16H14BrN5S2/c1-2-18-15-21-20-14(24-15)7-12-9-23-16-19-13(8-22(12)16)10-3-5-11(17)6-4-10/h3-6,8-9H,2,7H2,1H3,(H,18,21). The normalized spacial score (nSPS) is 11.2. The molecule has 0 bridgehead atoms. The van der Waals surface area contributed by atoms with Crippen LogP contribution in [0.3, 0.4) is 0 Å². The van der Waals surface area contributed by atoms with Crippen LogP contribution in [-0.2, 0) is 6.42 Å². The SMILES string of the molecule is CCNc1nnc(Cc2csc3nc(-c4ccc(Br)cc4)cn23)s1. The molecule has 0 saturated heterocycles. The molecule has 3 aromatic heterocycles. The summed E-state index contributed by atoms with van der Waals surface area (Å²) in [5.41, 5.74) is 3.29. The Morgan fingerprint density at radius 2 is 2.04 bits per heavy atom. The van der Waals surface area contributed by atoms with E-state index in [1.807, 2.05) is 12.1 Å². The number of aromatic nitrogens is 4. The Balaban J connectivity index is 1.63. The molecule has 4 rings (SSSR count). The average Bonchev–Trinajstić information content (AvgIpc) is 3.26. The molecule has 3 heterocycles. The zero-order valence-corrected chi connectivity index (χ0v) is 16.1. The first-order chi connectivity index (χ1) is 11.7. The molecule has 0 spiro atoms. The first-order valence-electron chi connectivity index (χ1n) is 7.50. The van der Waals surface area contributed by atoms with Gasteiger partial charge in [-0.2, -0.15) is 0 Å². The van der Waals surface area contributed by atoms with Crippen LogP contribution < -0.4 is 5.32 Å². The van der Waals surface area contributed by atoms with E-state index in [0.29, 0.717) is 0 Å². The van der Waals surface area contributed by atoms with Gasteiger partial charge >= 0.3 is 0 Å². The number of rotatable bonds is 5. The lowest BCUT2D eigenvalue weighted by molar-refractivity contribution is 0.961. The quantitative estimate of drug-likeness (QED) is 0.509. The van der Waals surface area contributed by atoms with Gasteiger partial charge < -0.3 is 5.32 Å². The number of nitrogens with one attached hydrogen (secondary N) is 1. The van der Waals surface area contributed by atoms with Crippen LogP contribution >= 0.6 is 38.6 Å². The highest BCUT2D eigenvalue weighted by Crippen LogP contribution is 2.27. The van der Waals surface area contributed by atoms with Gasteiger partial charge in [0.1, 0.15) is 5.01 Å². The van der Waals surface area contributed by atoms with Crippen molar-refractivity contribution in [3.8, 4) is 11.3 Å². The fourth-order valence-corrected chi connectivity index (χ4v) is 4.38. The summed E-state index contributed by atoms with van der Waals surface area (Å²) in [7, 11) is 0. The maximum Gasteiger partial charge on any atom is 0.205 e. The Labute approximate surface area is 155 Å². The summed E-state index contributed by atoms with van der Waals surface area (Å²) in [6, 6.07) is 8.22. The van der Waals surface area contributed by atoms with Crippen LogP contribution in [0.4, 0.5) is 5.13 Å². The molecule has 0 amide bonds. The van der Waals surface area contributed by atoms with Crippen molar-refractivity contribution < 1.29 is 0 Å². The Kier molecular flexibility index (Phi) is 4.34. The van der Waals surface area contributed by atoms with Gasteiger partial charge in [0.2, 0.25) is 5.13 Å². The minimum atomic E-state index is 0.763. The highest BCUT2D eigenvalue weighted by molar-refractivity contribution is 9.10. The van der Waals surface area contributed by atoms with Crippen molar-refractivity contribution in [1.82, 2.24) is 19.6 Å². The van der Waals surface area contributed by atoms with Crippen molar-refractivity contribution in [2.75, 3.05) is 11.9 Å². The van der Waals surface area contributed by atoms with E-state index in [4.69, 9.17) is 4.98 Å². The second-order valence-corrected chi connectivity index (χ2v) is 8.04. The molecule has 4 aromatic rings. The maximum absolute atomic E-state index is 4.73. The van der Waals surface area contributed by atoms with E-state index >= 15 is 0 Å². The van der Waals surface area contributed by atoms with Gasteiger partial charge in [-0.25, -0.2) is 4.98 Å². The van der Waals surface area contributed by atoms with Gasteiger partial charge in [0.05, 0.1) is 5.69 Å². The van der Waals surface area contributed by atoms with Crippen LogP contribution in [0.5, 0.6) is 0 Å². The molecule has 0 aliphatic rings. The van der Waals surface area contributed by atoms with E-state index in [0.717, 1.165) is 43.8 Å². The average molecular weight is 420 g/mol. The molecule has 0 fully saturated rings. The van der Waals surface area contributed by atoms with E-state index < -0.39 is 0 Å². The lowest BCUT2D eigenvalue weighted by atomic mass is 10.2. The van der Waals surface area contributed by atoms with E-state index in [9.17, 15) is 0 Å². The Bertz CT molecular complexity index is 970. The predicted molar refractivity (Wildman–Crippen MR) is 103 cm³/mol. The molecule has 0 saturated carbocycles. The fraction of sp³-hybridized carbons (Fsp3) is 0.188. The monoisotopic (exact) mass is 419 g/mol. The number of benzene rings is 1. The number of fused-ring (bicyclic) bond motifs is 1. The molecule has 0 unspecified atom stereocenters. The zero-order chi connectivity index (χ0) is 16.5. The third kappa shape index (κ3) is 3.09. The molecule has 24 heavy (non-hydrogen) atoms. The minimum absolute atomic E-state index is 0.763. The van der Waals surface area contributed by atoms with Crippen molar-refractivity contribution >= 4 is 48.7 Å². The molecule has 1 N–H and O–H groups in total. The van der Waals surface area contributed by atoms with Crippen LogP contribution in [0.25, 0.3) is 16.2 Å². The highest BCUT2D eigenvalue weighted by Gasteiger charge is 2.12. The van der Waals surface area contributed by atoms with Crippen molar-refractivity contribution in [1.29, 1.82) is 0 Å². The Hall–Kier alpha value is -1.77. The fourth-order valence-electron chi connectivity index (χ4n) is 2.42. The third-order valence-corrected chi connectivity index (χ3v) is 5.85. The first kappa shape index (κ1) is 15.7. The van der Waals surface area contributed by atoms with Gasteiger partial charge in [-0.3, -0.25) is 4.40 Å². The van der Waals surface area contributed by atoms with Gasteiger partial charge in [-0.15, -0.1) is 21.5 Å². The van der Waals surface area contributed by atoms with Crippen LogP contribution in [0.2, 0.25) is 0 Å². The van der Waals surface area contributed by atoms with Crippen molar-refractivity contribution in [2.45, 2.75) is 13.3 Å². The van der Waals surface area contributed by atoms with E-state index in [-0.39, 0.29) is 0 Å². The number of hydrogen-bond donors (Lipinski definition) is 1. The molecule has 0 radical (unpaired) electrons. The van der Waals surface area contributed by atoms with Crippen LogP contribution in [-0.4, -0.2) is 26.1 Å². The predicted octanol–water partition coefficient (Wildman–Crippen LogP) is 4.70. The minimum Gasteiger partial charge on any atom is -0.360 e. The smallest absolute Gasteiger partial charge is 0.205 e. The van der Waals surface area contributed by atoms with Gasteiger partial charge in [0, 0.05) is 40.3 Å². The summed E-state index contributed by atoms with van der Waals surface area (Å²) in [6.07, 6.45) is 2.86. The first-order valence-corrected chi connectivity index (χ1v) is 9.99. The molecule has 5 nitrogen and oxygen atoms in total. The number of nitrogens with zero attached hydrogens (tertiary/aromatic N) is 4. The van der Waals surface area contributed by atoms with Gasteiger partial charge in [-0.1, -0.05) is 39.4 Å². The van der Waals surface area contributed by atoms with Crippen LogP contribution in [0, 0.1) is 0 Å². The Morgan fingerprint density at radius 1 is 1.21 bits per heavy atom. The molecule has 0 aliphatic carbocycles. The molecule has 0 aliphatic heterocycles. The summed E-state index contributed by atoms with van der Waals surface area (Å²) in [5.74, 6) is 0. The van der Waals surface area contributed by atoms with Gasteiger partial charge in [-0.05, 0) is 19.1 Å². The summed E-state index contributed by atoms with van der Waals surface area (Å²) in [6.45, 7) is 2.91. The maximum atomic E-state index is 4.73. The van der Waals surface area contributed by atoms with Crippen LogP contribution in [0.15, 0.2) is 40.3 Å². The number of hydrogen-bond acceptors (Lipinski definition) is 6. The summed E-state index contributed by atoms with van der Waals surface area (Å²) in [5, 5.41) is 15.6. The number of halogens is 1. The lowest BCUT2D eigenvalue weighted by Crippen LogP contribution is -1.94. The molecular formula is C16H14BrN5S2. The lowest BCUT2D eigenvalue weighted by Gasteiger charge is -1.97. The van der Waals surface area contributed by atoms with E-state index in [1.165, 1.54) is 5.69 Å². The highest BCUT2D eigenvalue weighted by atomic mass is 79.9. The number of thiazole rings is 1. The Morgan fingerprint density at radius 3 is 2.83 bits per heavy atom. The molecule has 0 atom stereocenters. The summed E-state index contributed by atoms with van der Waals surface area (Å²) >= 11 is 6.72. The van der Waals surface area contributed by atoms with Gasteiger partial charge in [0.25, 0.3) is 0 Å².